The van der Waals surface area contributed by atoms with Crippen molar-refractivity contribution >= 4 is 27.0 Å². The first-order valence-electron chi connectivity index (χ1n) is 7.63. The molecule has 0 aliphatic heterocycles. The van der Waals surface area contributed by atoms with E-state index in [2.05, 4.69) is 10.0 Å². The molecule has 0 aliphatic carbocycles. The third-order valence-electron chi connectivity index (χ3n) is 3.75. The number of rotatable bonds is 7. The number of alkyl halides is 3. The van der Waals surface area contributed by atoms with Crippen LogP contribution in [0.15, 0.2) is 46.0 Å². The summed E-state index contributed by atoms with van der Waals surface area (Å²) in [7, 11) is -3.58. The van der Waals surface area contributed by atoms with Crippen molar-refractivity contribution in [1.82, 2.24) is 4.72 Å². The summed E-state index contributed by atoms with van der Waals surface area (Å²) in [5, 5.41) is 14.3. The summed E-state index contributed by atoms with van der Waals surface area (Å²) in [5.74, 6) is 0. The van der Waals surface area contributed by atoms with Crippen LogP contribution in [0.25, 0.3) is 0 Å². The van der Waals surface area contributed by atoms with Gasteiger partial charge in [0, 0.05) is 18.3 Å². The van der Waals surface area contributed by atoms with E-state index in [9.17, 15) is 26.7 Å². The summed E-state index contributed by atoms with van der Waals surface area (Å²) < 4.78 is 65.2. The Balaban J connectivity index is 1.97. The number of aliphatic hydroxyl groups is 1. The molecule has 0 spiro atoms. The third-order valence-corrected chi connectivity index (χ3v) is 6.57. The number of anilines is 1. The molecule has 0 radical (unpaired) electrons. The van der Waals surface area contributed by atoms with Gasteiger partial charge < -0.3 is 10.4 Å². The summed E-state index contributed by atoms with van der Waals surface area (Å²) in [6, 6.07) is 7.99. The van der Waals surface area contributed by atoms with Crippen molar-refractivity contribution in [3.8, 4) is 0 Å². The highest BCUT2D eigenvalue weighted by Crippen LogP contribution is 2.38. The minimum atomic E-state index is -4.78. The summed E-state index contributed by atoms with van der Waals surface area (Å²) in [5.41, 5.74) is -2.70. The third kappa shape index (κ3) is 4.76. The Morgan fingerprint density at radius 1 is 1.19 bits per heavy atom. The Kier molecular flexibility index (Phi) is 6.01. The molecule has 1 aromatic heterocycles. The lowest BCUT2D eigenvalue weighted by Crippen LogP contribution is -2.39. The van der Waals surface area contributed by atoms with Gasteiger partial charge in [0.1, 0.15) is 4.21 Å². The van der Waals surface area contributed by atoms with Crippen LogP contribution in [0.2, 0.25) is 0 Å². The quantitative estimate of drug-likeness (QED) is 0.657. The lowest BCUT2D eigenvalue weighted by atomic mass is 9.95. The fourth-order valence-corrected chi connectivity index (χ4v) is 4.28. The summed E-state index contributed by atoms with van der Waals surface area (Å²) in [6.07, 6.45) is -4.78. The van der Waals surface area contributed by atoms with Gasteiger partial charge in [-0.2, -0.15) is 13.2 Å². The molecule has 26 heavy (non-hydrogen) atoms. The van der Waals surface area contributed by atoms with E-state index in [1.807, 2.05) is 0 Å². The van der Waals surface area contributed by atoms with Gasteiger partial charge in [-0.25, -0.2) is 13.1 Å². The van der Waals surface area contributed by atoms with Crippen LogP contribution in [0.1, 0.15) is 19.4 Å². The highest BCUT2D eigenvalue weighted by atomic mass is 32.2. The van der Waals surface area contributed by atoms with Crippen LogP contribution in [-0.2, 0) is 15.6 Å². The number of hydrogen-bond acceptors (Lipinski definition) is 5. The van der Waals surface area contributed by atoms with Crippen molar-refractivity contribution in [3.05, 3.63) is 47.3 Å². The standard InChI is InChI=1S/C16H19F3N2O3S2/c1-11(10-20-26(23,24)14-4-3-9-25-14)21-13-7-5-12(6-8-13)15(2,22)16(17,18)19/h3-9,11,20-22H,10H2,1-2H3/t11-,15?/m0/s1. The van der Waals surface area contributed by atoms with E-state index in [0.717, 1.165) is 11.3 Å². The Morgan fingerprint density at radius 3 is 2.31 bits per heavy atom. The molecule has 0 aliphatic rings. The Labute approximate surface area is 153 Å². The molecule has 5 nitrogen and oxygen atoms in total. The fourth-order valence-electron chi connectivity index (χ4n) is 2.11. The van der Waals surface area contributed by atoms with Gasteiger partial charge in [-0.15, -0.1) is 11.3 Å². The molecule has 0 bridgehead atoms. The van der Waals surface area contributed by atoms with Crippen LogP contribution in [0.3, 0.4) is 0 Å². The molecule has 2 aromatic rings. The highest BCUT2D eigenvalue weighted by Gasteiger charge is 2.51. The predicted molar refractivity (Wildman–Crippen MR) is 94.7 cm³/mol. The second-order valence-electron chi connectivity index (χ2n) is 5.98. The monoisotopic (exact) mass is 408 g/mol. The minimum Gasteiger partial charge on any atom is -0.381 e. The average Bonchev–Trinajstić information content (AvgIpc) is 3.08. The molecular formula is C16H19F3N2O3S2. The molecule has 0 saturated heterocycles. The number of hydrogen-bond donors (Lipinski definition) is 3. The van der Waals surface area contributed by atoms with E-state index in [-0.39, 0.29) is 22.4 Å². The van der Waals surface area contributed by atoms with Crippen LogP contribution >= 0.6 is 11.3 Å². The maximum absolute atomic E-state index is 12.8. The summed E-state index contributed by atoms with van der Waals surface area (Å²) in [4.78, 5) is 0. The first kappa shape index (κ1) is 20.7. The van der Waals surface area contributed by atoms with Crippen molar-refractivity contribution in [1.29, 1.82) is 0 Å². The van der Waals surface area contributed by atoms with Gasteiger partial charge in [0.05, 0.1) is 0 Å². The lowest BCUT2D eigenvalue weighted by molar-refractivity contribution is -0.258. The first-order valence-corrected chi connectivity index (χ1v) is 9.99. The molecule has 144 valence electrons. The van der Waals surface area contributed by atoms with E-state index < -0.39 is 21.8 Å². The van der Waals surface area contributed by atoms with E-state index in [0.29, 0.717) is 12.6 Å². The topological polar surface area (TPSA) is 78.4 Å². The molecule has 2 rings (SSSR count). The zero-order valence-corrected chi connectivity index (χ0v) is 15.7. The average molecular weight is 408 g/mol. The molecule has 0 amide bonds. The Hall–Kier alpha value is -1.62. The van der Waals surface area contributed by atoms with Crippen molar-refractivity contribution in [2.24, 2.45) is 0 Å². The molecule has 2 atom stereocenters. The zero-order chi connectivity index (χ0) is 19.6. The predicted octanol–water partition coefficient (Wildman–Crippen LogP) is 3.30. The molecule has 3 N–H and O–H groups in total. The molecule has 1 unspecified atom stereocenters. The van der Waals surface area contributed by atoms with Crippen molar-refractivity contribution in [2.45, 2.75) is 35.9 Å². The zero-order valence-electron chi connectivity index (χ0n) is 14.0. The highest BCUT2D eigenvalue weighted by molar-refractivity contribution is 7.91. The van der Waals surface area contributed by atoms with Gasteiger partial charge >= 0.3 is 6.18 Å². The van der Waals surface area contributed by atoms with Crippen molar-refractivity contribution in [3.63, 3.8) is 0 Å². The maximum atomic E-state index is 12.8. The number of sulfonamides is 1. The van der Waals surface area contributed by atoms with Gasteiger partial charge in [-0.05, 0) is 43.0 Å². The molecule has 10 heteroatoms. The summed E-state index contributed by atoms with van der Waals surface area (Å²) in [6.45, 7) is 2.52. The van der Waals surface area contributed by atoms with Gasteiger partial charge in [-0.1, -0.05) is 18.2 Å². The van der Waals surface area contributed by atoms with Crippen LogP contribution in [0, 0.1) is 0 Å². The molecule has 0 saturated carbocycles. The van der Waals surface area contributed by atoms with Gasteiger partial charge in [0.15, 0.2) is 5.60 Å². The number of thiophene rings is 1. The van der Waals surface area contributed by atoms with Crippen LogP contribution < -0.4 is 10.0 Å². The molecule has 0 fully saturated rings. The van der Waals surface area contributed by atoms with E-state index >= 15 is 0 Å². The van der Waals surface area contributed by atoms with Gasteiger partial charge in [0.2, 0.25) is 10.0 Å². The van der Waals surface area contributed by atoms with Crippen LogP contribution in [0.4, 0.5) is 18.9 Å². The number of benzene rings is 1. The van der Waals surface area contributed by atoms with Gasteiger partial charge in [0.25, 0.3) is 0 Å². The normalized spacial score (nSPS) is 16.1. The summed E-state index contributed by atoms with van der Waals surface area (Å²) >= 11 is 1.10. The van der Waals surface area contributed by atoms with Gasteiger partial charge in [-0.3, -0.25) is 0 Å². The largest absolute Gasteiger partial charge is 0.421 e. The second-order valence-corrected chi connectivity index (χ2v) is 8.92. The van der Waals surface area contributed by atoms with E-state index in [1.54, 1.807) is 18.4 Å². The lowest BCUT2D eigenvalue weighted by Gasteiger charge is -2.27. The second kappa shape index (κ2) is 7.55. The maximum Gasteiger partial charge on any atom is 0.421 e. The number of halogens is 3. The van der Waals surface area contributed by atoms with Crippen LogP contribution in [0.5, 0.6) is 0 Å². The van der Waals surface area contributed by atoms with E-state index in [4.69, 9.17) is 0 Å². The molecular weight excluding hydrogens is 389 g/mol. The Bertz CT molecular complexity index is 817. The number of nitrogens with one attached hydrogen (secondary N) is 2. The van der Waals surface area contributed by atoms with Crippen molar-refractivity contribution < 1.29 is 26.7 Å². The fraction of sp³-hybridized carbons (Fsp3) is 0.375. The van der Waals surface area contributed by atoms with Crippen LogP contribution in [-0.4, -0.2) is 32.3 Å². The smallest absolute Gasteiger partial charge is 0.381 e. The van der Waals surface area contributed by atoms with E-state index in [1.165, 1.54) is 30.3 Å². The minimum absolute atomic E-state index is 0.0995. The SMILES string of the molecule is C[C@@H](CNS(=O)(=O)c1cccs1)Nc1ccc(C(C)(O)C(F)(F)F)cc1. The molecule has 1 aromatic carbocycles. The first-order chi connectivity index (χ1) is 11.9. The molecule has 1 heterocycles. The Morgan fingerprint density at radius 2 is 1.81 bits per heavy atom. The van der Waals surface area contributed by atoms with Crippen molar-refractivity contribution in [2.75, 3.05) is 11.9 Å².